The molecule has 2 aromatic rings. The van der Waals surface area contributed by atoms with Crippen LogP contribution in [-0.2, 0) is 12.8 Å². The summed E-state index contributed by atoms with van der Waals surface area (Å²) in [6.45, 7) is 8.74. The van der Waals surface area contributed by atoms with Gasteiger partial charge in [0.05, 0.1) is 7.11 Å². The van der Waals surface area contributed by atoms with Gasteiger partial charge < -0.3 is 19.9 Å². The maximum atomic E-state index is 5.48. The number of methoxy groups -OCH3 is 1. The van der Waals surface area contributed by atoms with Crippen LogP contribution in [0.15, 0.2) is 23.2 Å². The number of aryl methyl sites for hydroxylation is 2. The lowest BCUT2D eigenvalue weighted by Gasteiger charge is -2.36. The molecule has 9 heteroatoms. The third-order valence-corrected chi connectivity index (χ3v) is 5.76. The molecule has 1 aromatic carbocycles. The van der Waals surface area contributed by atoms with E-state index in [9.17, 15) is 0 Å². The van der Waals surface area contributed by atoms with E-state index in [0.717, 1.165) is 68.2 Å². The van der Waals surface area contributed by atoms with Crippen LogP contribution in [0.1, 0.15) is 23.9 Å². The van der Waals surface area contributed by atoms with Gasteiger partial charge in [0.25, 0.3) is 0 Å². The summed E-state index contributed by atoms with van der Waals surface area (Å²) in [5.74, 6) is 2.84. The molecule has 0 radical (unpaired) electrons. The highest BCUT2D eigenvalue weighted by molar-refractivity contribution is 14.0. The topological polar surface area (TPSA) is 65.9 Å². The minimum atomic E-state index is 0. The Balaban J connectivity index is 0.00000300. The van der Waals surface area contributed by atoms with Crippen molar-refractivity contribution in [1.29, 1.82) is 0 Å². The number of piperazine rings is 1. The van der Waals surface area contributed by atoms with Crippen molar-refractivity contribution >= 4 is 46.6 Å². The quantitative estimate of drug-likeness (QED) is 0.352. The molecule has 0 saturated carbocycles. The molecule has 3 rings (SSSR count). The van der Waals surface area contributed by atoms with E-state index in [0.29, 0.717) is 0 Å². The Morgan fingerprint density at radius 1 is 1.28 bits per heavy atom. The summed E-state index contributed by atoms with van der Waals surface area (Å²) in [6, 6.07) is 6.31. The Morgan fingerprint density at radius 3 is 2.66 bits per heavy atom. The molecule has 1 saturated heterocycles. The van der Waals surface area contributed by atoms with E-state index in [1.165, 1.54) is 22.7 Å². The molecule has 1 aromatic heterocycles. The van der Waals surface area contributed by atoms with E-state index in [-0.39, 0.29) is 24.0 Å². The molecule has 0 aliphatic carbocycles. The number of rotatable bonds is 6. The van der Waals surface area contributed by atoms with Gasteiger partial charge in [-0.25, -0.2) is 4.98 Å². The molecule has 0 unspecified atom stereocenters. The largest absolute Gasteiger partial charge is 0.496 e. The van der Waals surface area contributed by atoms with Crippen molar-refractivity contribution in [2.75, 3.05) is 51.8 Å². The van der Waals surface area contributed by atoms with Crippen LogP contribution in [0, 0.1) is 6.92 Å². The molecule has 0 bridgehead atoms. The number of guanidine groups is 1. The zero-order chi connectivity index (χ0) is 19.9. The van der Waals surface area contributed by atoms with Crippen LogP contribution in [0.5, 0.6) is 5.75 Å². The summed E-state index contributed by atoms with van der Waals surface area (Å²) in [5, 5.41) is 4.54. The number of aliphatic imine (C=N–C) groups is 1. The van der Waals surface area contributed by atoms with Crippen LogP contribution in [0.25, 0.3) is 0 Å². The maximum Gasteiger partial charge on any atom is 0.205 e. The van der Waals surface area contributed by atoms with Crippen molar-refractivity contribution in [3.8, 4) is 5.75 Å². The summed E-state index contributed by atoms with van der Waals surface area (Å²) >= 11 is 1.50. The highest BCUT2D eigenvalue weighted by Crippen LogP contribution is 2.20. The molecule has 1 fully saturated rings. The van der Waals surface area contributed by atoms with Crippen LogP contribution in [0.2, 0.25) is 0 Å². The number of nitrogens with zero attached hydrogens (tertiary/aromatic N) is 5. The van der Waals surface area contributed by atoms with E-state index in [2.05, 4.69) is 55.4 Å². The number of halogens is 1. The Morgan fingerprint density at radius 2 is 2.03 bits per heavy atom. The van der Waals surface area contributed by atoms with Crippen molar-refractivity contribution in [1.82, 2.24) is 19.6 Å². The van der Waals surface area contributed by atoms with Crippen LogP contribution in [-0.4, -0.2) is 67.1 Å². The average Bonchev–Trinajstić information content (AvgIpc) is 3.21. The summed E-state index contributed by atoms with van der Waals surface area (Å²) in [7, 11) is 3.57. The molecule has 160 valence electrons. The first-order chi connectivity index (χ1) is 13.6. The fourth-order valence-corrected chi connectivity index (χ4v) is 4.17. The molecule has 0 amide bonds. The van der Waals surface area contributed by atoms with Crippen LogP contribution >= 0.6 is 35.5 Å². The molecule has 7 nitrogen and oxygen atoms in total. The van der Waals surface area contributed by atoms with Crippen molar-refractivity contribution < 1.29 is 4.74 Å². The van der Waals surface area contributed by atoms with Gasteiger partial charge in [0, 0.05) is 57.7 Å². The minimum Gasteiger partial charge on any atom is -0.496 e. The lowest BCUT2D eigenvalue weighted by molar-refractivity contribution is 0.372. The van der Waals surface area contributed by atoms with Crippen molar-refractivity contribution in [3.63, 3.8) is 0 Å². The number of anilines is 1. The Labute approximate surface area is 194 Å². The minimum absolute atomic E-state index is 0. The van der Waals surface area contributed by atoms with Gasteiger partial charge in [0.2, 0.25) is 5.13 Å². The standard InChI is InChI=1S/C20H30N6OS.HI/c1-5-18-23-20(28-24-18)26-12-10-25(11-13-26)19(21-3)22-9-8-16-14-15(2)6-7-17(16)27-4;/h6-7,14H,5,8-13H2,1-4H3,(H,21,22);1H. The molecule has 1 N–H and O–H groups in total. The Kier molecular flexibility index (Phi) is 9.41. The second-order valence-electron chi connectivity index (χ2n) is 6.86. The van der Waals surface area contributed by atoms with Gasteiger partial charge in [-0.2, -0.15) is 4.37 Å². The highest BCUT2D eigenvalue weighted by atomic mass is 127. The lowest BCUT2D eigenvalue weighted by atomic mass is 10.1. The number of nitrogens with one attached hydrogen (secondary N) is 1. The first-order valence-electron chi connectivity index (χ1n) is 9.81. The van der Waals surface area contributed by atoms with Gasteiger partial charge in [0.1, 0.15) is 11.6 Å². The molecule has 2 heterocycles. The number of hydrogen-bond acceptors (Lipinski definition) is 6. The average molecular weight is 530 g/mol. The van der Waals surface area contributed by atoms with Crippen LogP contribution in [0.3, 0.4) is 0 Å². The molecule has 0 spiro atoms. The van der Waals surface area contributed by atoms with E-state index in [4.69, 9.17) is 4.74 Å². The fraction of sp³-hybridized carbons (Fsp3) is 0.550. The van der Waals surface area contributed by atoms with E-state index < -0.39 is 0 Å². The van der Waals surface area contributed by atoms with Crippen molar-refractivity contribution in [3.05, 3.63) is 35.2 Å². The van der Waals surface area contributed by atoms with Crippen molar-refractivity contribution in [2.24, 2.45) is 4.99 Å². The van der Waals surface area contributed by atoms with Crippen LogP contribution < -0.4 is 15.0 Å². The summed E-state index contributed by atoms with van der Waals surface area (Å²) in [4.78, 5) is 13.7. The van der Waals surface area contributed by atoms with Crippen molar-refractivity contribution in [2.45, 2.75) is 26.7 Å². The molecular formula is C20H31IN6OS. The highest BCUT2D eigenvalue weighted by Gasteiger charge is 2.22. The molecule has 29 heavy (non-hydrogen) atoms. The molecule has 0 atom stereocenters. The SMILES string of the molecule is CCc1nsc(N2CCN(C(=NC)NCCc3cc(C)ccc3OC)CC2)n1.I. The van der Waals surface area contributed by atoms with Gasteiger partial charge in [-0.15, -0.1) is 24.0 Å². The smallest absolute Gasteiger partial charge is 0.205 e. The Bertz CT molecular complexity index is 804. The lowest BCUT2D eigenvalue weighted by Crippen LogP contribution is -2.52. The zero-order valence-corrected chi connectivity index (χ0v) is 20.8. The second-order valence-corrected chi connectivity index (χ2v) is 7.59. The maximum absolute atomic E-state index is 5.48. The summed E-state index contributed by atoms with van der Waals surface area (Å²) in [5.41, 5.74) is 2.47. The molecular weight excluding hydrogens is 499 g/mol. The first kappa shape index (κ1) is 23.7. The summed E-state index contributed by atoms with van der Waals surface area (Å²) < 4.78 is 9.88. The number of ether oxygens (including phenoxy) is 1. The predicted molar refractivity (Wildman–Crippen MR) is 131 cm³/mol. The number of aromatic nitrogens is 2. The third kappa shape index (κ3) is 6.18. The van der Waals surface area contributed by atoms with E-state index in [1.54, 1.807) is 7.11 Å². The van der Waals surface area contributed by atoms with Crippen LogP contribution in [0.4, 0.5) is 5.13 Å². The summed E-state index contributed by atoms with van der Waals surface area (Å²) in [6.07, 6.45) is 1.78. The van der Waals surface area contributed by atoms with Gasteiger partial charge in [-0.05, 0) is 25.0 Å². The fourth-order valence-electron chi connectivity index (χ4n) is 3.37. The number of benzene rings is 1. The third-order valence-electron chi connectivity index (χ3n) is 4.95. The normalized spacial score (nSPS) is 14.6. The molecule has 1 aliphatic rings. The first-order valence-corrected chi connectivity index (χ1v) is 10.6. The monoisotopic (exact) mass is 530 g/mol. The second kappa shape index (κ2) is 11.5. The van der Waals surface area contributed by atoms with E-state index >= 15 is 0 Å². The number of hydrogen-bond donors (Lipinski definition) is 1. The van der Waals surface area contributed by atoms with E-state index in [1.807, 2.05) is 13.1 Å². The zero-order valence-electron chi connectivity index (χ0n) is 17.6. The van der Waals surface area contributed by atoms with Gasteiger partial charge in [-0.3, -0.25) is 4.99 Å². The Hall–Kier alpha value is -1.62. The predicted octanol–water partition coefficient (Wildman–Crippen LogP) is 2.98. The van der Waals surface area contributed by atoms with Gasteiger partial charge in [0.15, 0.2) is 5.96 Å². The molecule has 1 aliphatic heterocycles. The van der Waals surface area contributed by atoms with Gasteiger partial charge in [-0.1, -0.05) is 24.6 Å². The van der Waals surface area contributed by atoms with Gasteiger partial charge >= 0.3 is 0 Å².